The number of fused-ring (bicyclic) bond motifs is 1. The van der Waals surface area contributed by atoms with Crippen LogP contribution in [0.25, 0.3) is 10.9 Å². The van der Waals surface area contributed by atoms with Gasteiger partial charge in [-0.1, -0.05) is 24.4 Å². The van der Waals surface area contributed by atoms with Crippen LogP contribution in [0.5, 0.6) is 0 Å². The normalized spacial score (nSPS) is 10.7. The molecule has 0 aliphatic carbocycles. The zero-order chi connectivity index (χ0) is 14.8. The fourth-order valence-corrected chi connectivity index (χ4v) is 2.42. The Kier molecular flexibility index (Phi) is 3.50. The standard InChI is InChI=1S/C16H13N3OS/c17-15(21)13-4-2-8-19(16(13)20)10-11-5-6-14-12(9-11)3-1-7-18-14/h1-9H,10H2,(H2,17,21). The Morgan fingerprint density at radius 3 is 2.90 bits per heavy atom. The van der Waals surface area contributed by atoms with Gasteiger partial charge in [0, 0.05) is 17.8 Å². The molecule has 0 fully saturated rings. The summed E-state index contributed by atoms with van der Waals surface area (Å²) in [5, 5.41) is 1.05. The van der Waals surface area contributed by atoms with E-state index in [1.54, 1.807) is 29.1 Å². The summed E-state index contributed by atoms with van der Waals surface area (Å²) in [7, 11) is 0. The van der Waals surface area contributed by atoms with Crippen LogP contribution >= 0.6 is 12.2 Å². The molecule has 0 aliphatic heterocycles. The van der Waals surface area contributed by atoms with Crippen LogP contribution in [0.2, 0.25) is 0 Å². The fourth-order valence-electron chi connectivity index (χ4n) is 2.27. The highest BCUT2D eigenvalue weighted by Crippen LogP contribution is 2.13. The molecule has 2 heterocycles. The molecule has 0 aliphatic rings. The molecule has 21 heavy (non-hydrogen) atoms. The second-order valence-corrected chi connectivity index (χ2v) is 5.19. The fraction of sp³-hybridized carbons (Fsp3) is 0.0625. The predicted molar refractivity (Wildman–Crippen MR) is 87.4 cm³/mol. The molecule has 0 saturated heterocycles. The molecule has 4 nitrogen and oxygen atoms in total. The Morgan fingerprint density at radius 2 is 2.10 bits per heavy atom. The summed E-state index contributed by atoms with van der Waals surface area (Å²) in [6, 6.07) is 13.3. The molecule has 2 N–H and O–H groups in total. The number of hydrogen-bond acceptors (Lipinski definition) is 3. The lowest BCUT2D eigenvalue weighted by molar-refractivity contribution is 0.758. The number of pyridine rings is 2. The van der Waals surface area contributed by atoms with Gasteiger partial charge in [-0.05, 0) is 35.9 Å². The summed E-state index contributed by atoms with van der Waals surface area (Å²) in [6.07, 6.45) is 3.50. The lowest BCUT2D eigenvalue weighted by Gasteiger charge is -2.08. The van der Waals surface area contributed by atoms with E-state index in [0.717, 1.165) is 16.5 Å². The summed E-state index contributed by atoms with van der Waals surface area (Å²) in [5.41, 5.74) is 7.72. The summed E-state index contributed by atoms with van der Waals surface area (Å²) in [6.45, 7) is 0.472. The average Bonchev–Trinajstić information content (AvgIpc) is 2.49. The van der Waals surface area contributed by atoms with Gasteiger partial charge in [0.05, 0.1) is 17.6 Å². The number of rotatable bonds is 3. The number of thiocarbonyl (C=S) groups is 1. The number of nitrogens with two attached hydrogens (primary N) is 1. The Morgan fingerprint density at radius 1 is 1.24 bits per heavy atom. The van der Waals surface area contributed by atoms with Gasteiger partial charge in [-0.15, -0.1) is 0 Å². The highest BCUT2D eigenvalue weighted by atomic mass is 32.1. The molecule has 0 spiro atoms. The Labute approximate surface area is 126 Å². The van der Waals surface area contributed by atoms with Gasteiger partial charge in [0.1, 0.15) is 4.99 Å². The highest BCUT2D eigenvalue weighted by Gasteiger charge is 2.06. The molecule has 0 bridgehead atoms. The first-order valence-corrected chi connectivity index (χ1v) is 6.89. The van der Waals surface area contributed by atoms with Crippen molar-refractivity contribution in [2.24, 2.45) is 5.73 Å². The number of nitrogens with zero attached hydrogens (tertiary/aromatic N) is 2. The second kappa shape index (κ2) is 5.46. The molecular formula is C16H13N3OS. The molecule has 3 rings (SSSR count). The largest absolute Gasteiger partial charge is 0.389 e. The van der Waals surface area contributed by atoms with Crippen molar-refractivity contribution in [3.63, 3.8) is 0 Å². The minimum atomic E-state index is -0.170. The molecule has 0 unspecified atom stereocenters. The first-order chi connectivity index (χ1) is 10.1. The first-order valence-electron chi connectivity index (χ1n) is 6.48. The Balaban J connectivity index is 2.01. The van der Waals surface area contributed by atoms with Gasteiger partial charge in [-0.2, -0.15) is 0 Å². The molecule has 104 valence electrons. The molecule has 0 saturated carbocycles. The van der Waals surface area contributed by atoms with Gasteiger partial charge in [-0.3, -0.25) is 9.78 Å². The van der Waals surface area contributed by atoms with Crippen molar-refractivity contribution < 1.29 is 0 Å². The summed E-state index contributed by atoms with van der Waals surface area (Å²) in [4.78, 5) is 16.7. The average molecular weight is 295 g/mol. The maximum Gasteiger partial charge on any atom is 0.261 e. The zero-order valence-corrected chi connectivity index (χ0v) is 12.0. The summed E-state index contributed by atoms with van der Waals surface area (Å²) in [5.74, 6) is 0. The van der Waals surface area contributed by atoms with Crippen molar-refractivity contribution in [3.8, 4) is 0 Å². The van der Waals surface area contributed by atoms with Crippen LogP contribution in [0, 0.1) is 0 Å². The first kappa shape index (κ1) is 13.5. The minimum absolute atomic E-state index is 0.122. The second-order valence-electron chi connectivity index (χ2n) is 4.75. The number of hydrogen-bond donors (Lipinski definition) is 1. The zero-order valence-electron chi connectivity index (χ0n) is 11.2. The number of benzene rings is 1. The van der Waals surface area contributed by atoms with E-state index >= 15 is 0 Å². The summed E-state index contributed by atoms with van der Waals surface area (Å²) < 4.78 is 1.60. The predicted octanol–water partition coefficient (Wildman–Crippen LogP) is 2.08. The van der Waals surface area contributed by atoms with E-state index in [2.05, 4.69) is 4.98 Å². The topological polar surface area (TPSA) is 60.9 Å². The molecule has 0 radical (unpaired) electrons. The highest BCUT2D eigenvalue weighted by molar-refractivity contribution is 7.80. The Hall–Kier alpha value is -2.53. The number of aromatic nitrogens is 2. The van der Waals surface area contributed by atoms with Crippen LogP contribution < -0.4 is 11.3 Å². The van der Waals surface area contributed by atoms with E-state index in [0.29, 0.717) is 12.1 Å². The van der Waals surface area contributed by atoms with E-state index in [9.17, 15) is 4.79 Å². The van der Waals surface area contributed by atoms with Crippen LogP contribution in [0.15, 0.2) is 59.7 Å². The third kappa shape index (κ3) is 2.68. The molecule has 2 aromatic heterocycles. The Bertz CT molecular complexity index is 886. The van der Waals surface area contributed by atoms with Crippen LogP contribution in [0.4, 0.5) is 0 Å². The van der Waals surface area contributed by atoms with Crippen LogP contribution in [0.1, 0.15) is 11.1 Å². The summed E-state index contributed by atoms with van der Waals surface area (Å²) >= 11 is 4.89. The van der Waals surface area contributed by atoms with E-state index in [-0.39, 0.29) is 10.5 Å². The lowest BCUT2D eigenvalue weighted by atomic mass is 10.1. The van der Waals surface area contributed by atoms with E-state index < -0.39 is 0 Å². The molecule has 0 amide bonds. The van der Waals surface area contributed by atoms with Gasteiger partial charge >= 0.3 is 0 Å². The third-order valence-electron chi connectivity index (χ3n) is 3.31. The van der Waals surface area contributed by atoms with Crippen molar-refractivity contribution in [1.29, 1.82) is 0 Å². The SMILES string of the molecule is NC(=S)c1cccn(Cc2ccc3ncccc3c2)c1=O. The quantitative estimate of drug-likeness (QED) is 0.752. The van der Waals surface area contributed by atoms with E-state index in [4.69, 9.17) is 18.0 Å². The van der Waals surface area contributed by atoms with Crippen molar-refractivity contribution in [2.45, 2.75) is 6.54 Å². The van der Waals surface area contributed by atoms with E-state index in [1.165, 1.54) is 0 Å². The molecule has 5 heteroatoms. The maximum atomic E-state index is 12.3. The molecule has 3 aromatic rings. The van der Waals surface area contributed by atoms with Gasteiger partial charge in [-0.25, -0.2) is 0 Å². The van der Waals surface area contributed by atoms with E-state index in [1.807, 2.05) is 30.3 Å². The maximum absolute atomic E-state index is 12.3. The molecule has 0 atom stereocenters. The van der Waals surface area contributed by atoms with Crippen molar-refractivity contribution >= 4 is 28.1 Å². The minimum Gasteiger partial charge on any atom is -0.389 e. The van der Waals surface area contributed by atoms with Crippen molar-refractivity contribution in [1.82, 2.24) is 9.55 Å². The smallest absolute Gasteiger partial charge is 0.261 e. The van der Waals surface area contributed by atoms with Crippen LogP contribution in [0.3, 0.4) is 0 Å². The monoisotopic (exact) mass is 295 g/mol. The van der Waals surface area contributed by atoms with Crippen LogP contribution in [-0.4, -0.2) is 14.5 Å². The van der Waals surface area contributed by atoms with Crippen molar-refractivity contribution in [2.75, 3.05) is 0 Å². The van der Waals surface area contributed by atoms with Gasteiger partial charge < -0.3 is 10.3 Å². The van der Waals surface area contributed by atoms with Gasteiger partial charge in [0.2, 0.25) is 0 Å². The molecular weight excluding hydrogens is 282 g/mol. The van der Waals surface area contributed by atoms with Crippen LogP contribution in [-0.2, 0) is 6.54 Å². The van der Waals surface area contributed by atoms with Crippen molar-refractivity contribution in [3.05, 3.63) is 76.3 Å². The van der Waals surface area contributed by atoms with Gasteiger partial charge in [0.15, 0.2) is 0 Å². The third-order valence-corrected chi connectivity index (χ3v) is 3.53. The van der Waals surface area contributed by atoms with Gasteiger partial charge in [0.25, 0.3) is 5.56 Å². The lowest BCUT2D eigenvalue weighted by Crippen LogP contribution is -2.28. The molecule has 1 aromatic carbocycles.